The molecule has 0 spiro atoms. The van der Waals surface area contributed by atoms with Crippen molar-refractivity contribution in [3.63, 3.8) is 0 Å². The van der Waals surface area contributed by atoms with Gasteiger partial charge in [-0.2, -0.15) is 5.10 Å². The third-order valence-corrected chi connectivity index (χ3v) is 4.69. The van der Waals surface area contributed by atoms with Crippen molar-refractivity contribution in [3.05, 3.63) is 59.7 Å². The van der Waals surface area contributed by atoms with Crippen molar-refractivity contribution in [3.8, 4) is 0 Å². The summed E-state index contributed by atoms with van der Waals surface area (Å²) in [6.07, 6.45) is 0. The van der Waals surface area contributed by atoms with Crippen LogP contribution in [0.3, 0.4) is 0 Å². The summed E-state index contributed by atoms with van der Waals surface area (Å²) in [5.74, 6) is 0. The number of nitrogens with one attached hydrogen (secondary N) is 2. The maximum atomic E-state index is 12.4. The highest BCUT2D eigenvalue weighted by atomic mass is 32.2. The van der Waals surface area contributed by atoms with Crippen LogP contribution in [-0.2, 0) is 10.0 Å². The van der Waals surface area contributed by atoms with Gasteiger partial charge < -0.3 is 5.73 Å². The lowest BCUT2D eigenvalue weighted by molar-refractivity contribution is 0.601. The fourth-order valence-corrected chi connectivity index (χ4v) is 3.04. The van der Waals surface area contributed by atoms with E-state index in [1.807, 2.05) is 13.0 Å². The van der Waals surface area contributed by atoms with Crippen molar-refractivity contribution in [1.82, 2.24) is 5.43 Å². The summed E-state index contributed by atoms with van der Waals surface area (Å²) in [6.45, 7) is 3.66. The van der Waals surface area contributed by atoms with Crippen molar-refractivity contribution in [1.29, 1.82) is 0 Å². The third kappa shape index (κ3) is 4.77. The molecular formula is C16H18N4O2S2. The first-order valence-electron chi connectivity index (χ1n) is 7.07. The van der Waals surface area contributed by atoms with E-state index in [9.17, 15) is 8.42 Å². The van der Waals surface area contributed by atoms with Gasteiger partial charge >= 0.3 is 0 Å². The standard InChI is InChI=1S/C16H18N4O2S2/c1-11-6-8-15(9-7-11)24(21,22)20-14-5-3-4-13(10-14)12(2)18-19-16(17)23/h3-10,20H,1-2H3,(H3,17,19,23)/b18-12-. The van der Waals surface area contributed by atoms with Crippen LogP contribution in [0, 0.1) is 6.92 Å². The number of hydrazone groups is 1. The molecule has 0 aliphatic carbocycles. The van der Waals surface area contributed by atoms with E-state index in [2.05, 4.69) is 15.2 Å². The molecule has 0 amide bonds. The zero-order chi connectivity index (χ0) is 17.7. The molecule has 0 aliphatic heterocycles. The van der Waals surface area contributed by atoms with Crippen LogP contribution in [0.25, 0.3) is 0 Å². The molecule has 0 unspecified atom stereocenters. The van der Waals surface area contributed by atoms with E-state index in [4.69, 9.17) is 18.0 Å². The van der Waals surface area contributed by atoms with Gasteiger partial charge in [-0.15, -0.1) is 0 Å². The first-order valence-corrected chi connectivity index (χ1v) is 8.97. The SMILES string of the molecule is C/C(=N/NC(N)=S)c1cccc(NS(=O)(=O)c2ccc(C)cc2)c1. The lowest BCUT2D eigenvalue weighted by Gasteiger charge is -2.10. The number of thiocarbonyl (C=S) groups is 1. The Hall–Kier alpha value is -2.45. The molecule has 2 rings (SSSR count). The minimum atomic E-state index is -3.64. The molecule has 126 valence electrons. The average molecular weight is 362 g/mol. The Morgan fingerprint density at radius 2 is 1.83 bits per heavy atom. The molecule has 24 heavy (non-hydrogen) atoms. The minimum Gasteiger partial charge on any atom is -0.375 e. The molecule has 0 aliphatic rings. The van der Waals surface area contributed by atoms with Gasteiger partial charge in [0.25, 0.3) is 10.0 Å². The lowest BCUT2D eigenvalue weighted by atomic mass is 10.1. The Morgan fingerprint density at radius 1 is 1.17 bits per heavy atom. The van der Waals surface area contributed by atoms with Crippen LogP contribution in [0.2, 0.25) is 0 Å². The van der Waals surface area contributed by atoms with E-state index in [0.29, 0.717) is 11.4 Å². The molecule has 2 aromatic carbocycles. The molecular weight excluding hydrogens is 344 g/mol. The van der Waals surface area contributed by atoms with Crippen molar-refractivity contribution >= 4 is 38.8 Å². The summed E-state index contributed by atoms with van der Waals surface area (Å²) in [5.41, 5.74) is 10.6. The van der Waals surface area contributed by atoms with Gasteiger partial charge in [-0.05, 0) is 55.9 Å². The molecule has 0 bridgehead atoms. The molecule has 0 atom stereocenters. The van der Waals surface area contributed by atoms with Crippen molar-refractivity contribution < 1.29 is 8.42 Å². The third-order valence-electron chi connectivity index (χ3n) is 3.20. The number of nitrogens with zero attached hydrogens (tertiary/aromatic N) is 1. The highest BCUT2D eigenvalue weighted by Crippen LogP contribution is 2.18. The van der Waals surface area contributed by atoms with Crippen LogP contribution in [0.4, 0.5) is 5.69 Å². The molecule has 0 fully saturated rings. The lowest BCUT2D eigenvalue weighted by Crippen LogP contribution is -2.25. The van der Waals surface area contributed by atoms with Crippen LogP contribution in [-0.4, -0.2) is 19.2 Å². The smallest absolute Gasteiger partial charge is 0.261 e. The van der Waals surface area contributed by atoms with Gasteiger partial charge in [0.15, 0.2) is 5.11 Å². The van der Waals surface area contributed by atoms with Gasteiger partial charge in [0.2, 0.25) is 0 Å². The molecule has 8 heteroatoms. The minimum absolute atomic E-state index is 0.0607. The fourth-order valence-electron chi connectivity index (χ4n) is 1.94. The molecule has 2 aromatic rings. The number of sulfonamides is 1. The predicted octanol–water partition coefficient (Wildman–Crippen LogP) is 2.35. The second kappa shape index (κ2) is 7.41. The number of hydrogen-bond acceptors (Lipinski definition) is 4. The Balaban J connectivity index is 2.24. The monoisotopic (exact) mass is 362 g/mol. The van der Waals surface area contributed by atoms with Gasteiger partial charge in [0.05, 0.1) is 10.6 Å². The maximum Gasteiger partial charge on any atom is 0.261 e. The Bertz CT molecular complexity index is 875. The Labute approximate surface area is 146 Å². The quantitative estimate of drug-likeness (QED) is 0.431. The van der Waals surface area contributed by atoms with Crippen molar-refractivity contribution in [2.45, 2.75) is 18.7 Å². The van der Waals surface area contributed by atoms with E-state index in [0.717, 1.165) is 11.1 Å². The average Bonchev–Trinajstić information content (AvgIpc) is 2.52. The summed E-state index contributed by atoms with van der Waals surface area (Å²) < 4.78 is 27.4. The van der Waals surface area contributed by atoms with Gasteiger partial charge in [-0.3, -0.25) is 10.1 Å². The van der Waals surface area contributed by atoms with Gasteiger partial charge in [-0.25, -0.2) is 8.42 Å². The number of hydrogen-bond donors (Lipinski definition) is 3. The first-order chi connectivity index (χ1) is 11.3. The molecule has 0 saturated heterocycles. The number of anilines is 1. The number of aryl methyl sites for hydroxylation is 1. The zero-order valence-electron chi connectivity index (χ0n) is 13.3. The largest absolute Gasteiger partial charge is 0.375 e. The zero-order valence-corrected chi connectivity index (χ0v) is 14.9. The fraction of sp³-hybridized carbons (Fsp3) is 0.125. The molecule has 0 saturated carbocycles. The summed E-state index contributed by atoms with van der Waals surface area (Å²) in [5, 5.41) is 4.08. The number of rotatable bonds is 5. The van der Waals surface area contributed by atoms with Crippen molar-refractivity contribution in [2.24, 2.45) is 10.8 Å². The topological polar surface area (TPSA) is 96.6 Å². The second-order valence-electron chi connectivity index (χ2n) is 5.17. The molecule has 4 N–H and O–H groups in total. The first kappa shape index (κ1) is 17.9. The number of nitrogens with two attached hydrogens (primary N) is 1. The summed E-state index contributed by atoms with van der Waals surface area (Å²) in [7, 11) is -3.64. The Kier molecular flexibility index (Phi) is 5.53. The van der Waals surface area contributed by atoms with Crippen LogP contribution >= 0.6 is 12.2 Å². The summed E-state index contributed by atoms with van der Waals surface area (Å²) >= 11 is 4.69. The highest BCUT2D eigenvalue weighted by Gasteiger charge is 2.14. The van der Waals surface area contributed by atoms with Crippen molar-refractivity contribution in [2.75, 3.05) is 4.72 Å². The molecule has 0 aromatic heterocycles. The molecule has 0 radical (unpaired) electrons. The maximum absolute atomic E-state index is 12.4. The van der Waals surface area contributed by atoms with E-state index >= 15 is 0 Å². The second-order valence-corrected chi connectivity index (χ2v) is 7.29. The van der Waals surface area contributed by atoms with Crippen LogP contribution < -0.4 is 15.9 Å². The highest BCUT2D eigenvalue weighted by molar-refractivity contribution is 7.92. The molecule has 6 nitrogen and oxygen atoms in total. The summed E-state index contributed by atoms with van der Waals surface area (Å²) in [6, 6.07) is 13.5. The van der Waals surface area contributed by atoms with Gasteiger partial charge in [0, 0.05) is 5.69 Å². The van der Waals surface area contributed by atoms with Gasteiger partial charge in [-0.1, -0.05) is 29.8 Å². The van der Waals surface area contributed by atoms with Gasteiger partial charge in [0.1, 0.15) is 0 Å². The Morgan fingerprint density at radius 3 is 2.46 bits per heavy atom. The van der Waals surface area contributed by atoms with Crippen LogP contribution in [0.15, 0.2) is 58.5 Å². The van der Waals surface area contributed by atoms with E-state index in [1.165, 1.54) is 0 Å². The van der Waals surface area contributed by atoms with E-state index < -0.39 is 10.0 Å². The normalized spacial score (nSPS) is 11.8. The van der Waals surface area contributed by atoms with Crippen LogP contribution in [0.1, 0.15) is 18.1 Å². The van der Waals surface area contributed by atoms with Crippen LogP contribution in [0.5, 0.6) is 0 Å². The van der Waals surface area contributed by atoms with E-state index in [-0.39, 0.29) is 10.0 Å². The summed E-state index contributed by atoms with van der Waals surface area (Å²) in [4.78, 5) is 0.207. The van der Waals surface area contributed by atoms with E-state index in [1.54, 1.807) is 49.4 Å². The molecule has 0 heterocycles. The number of benzene rings is 2. The predicted molar refractivity (Wildman–Crippen MR) is 101 cm³/mol.